The molecule has 4 rings (SSSR count). The van der Waals surface area contributed by atoms with E-state index in [1.165, 1.54) is 19.2 Å². The van der Waals surface area contributed by atoms with Crippen LogP contribution in [0.1, 0.15) is 27.2 Å². The predicted molar refractivity (Wildman–Crippen MR) is 134 cm³/mol. The number of methoxy groups -OCH3 is 1. The van der Waals surface area contributed by atoms with Gasteiger partial charge in [0, 0.05) is 17.5 Å². The SMILES string of the molecule is COc1cc(C(=O)N2CC=C(c3cccs3)C[C@H]2CO)c(NC(=O)O)cc1OCc1ccccc1. The number of carboxylic acid groups (broad SMARTS) is 1. The molecule has 0 radical (unpaired) electrons. The van der Waals surface area contributed by atoms with Crippen molar-refractivity contribution >= 4 is 34.6 Å². The third-order valence-electron chi connectivity index (χ3n) is 5.75. The smallest absolute Gasteiger partial charge is 0.409 e. The second kappa shape index (κ2) is 11.1. The molecule has 1 aliphatic heterocycles. The monoisotopic (exact) mass is 494 g/mol. The summed E-state index contributed by atoms with van der Waals surface area (Å²) < 4.78 is 11.3. The molecular formula is C26H26N2O6S. The van der Waals surface area contributed by atoms with Gasteiger partial charge in [0.05, 0.1) is 31.0 Å². The van der Waals surface area contributed by atoms with Gasteiger partial charge in [-0.25, -0.2) is 4.79 Å². The van der Waals surface area contributed by atoms with E-state index < -0.39 is 18.0 Å². The van der Waals surface area contributed by atoms with Crippen LogP contribution in [0, 0.1) is 0 Å². The van der Waals surface area contributed by atoms with Gasteiger partial charge < -0.3 is 24.6 Å². The first-order valence-corrected chi connectivity index (χ1v) is 11.9. The molecule has 3 N–H and O–H groups in total. The highest BCUT2D eigenvalue weighted by Crippen LogP contribution is 2.36. The summed E-state index contributed by atoms with van der Waals surface area (Å²) in [6.07, 6.45) is 1.16. The molecule has 2 aromatic carbocycles. The Bertz CT molecular complexity index is 1210. The number of carbonyl (C=O) groups excluding carboxylic acids is 1. The fraction of sp³-hybridized carbons (Fsp3) is 0.231. The molecule has 1 aliphatic rings. The van der Waals surface area contributed by atoms with Gasteiger partial charge in [-0.2, -0.15) is 0 Å². The summed E-state index contributed by atoms with van der Waals surface area (Å²) in [7, 11) is 1.46. The Labute approximate surface area is 207 Å². The molecule has 1 atom stereocenters. The number of benzene rings is 2. The summed E-state index contributed by atoms with van der Waals surface area (Å²) in [5.41, 5.74) is 2.20. The minimum absolute atomic E-state index is 0.0797. The summed E-state index contributed by atoms with van der Waals surface area (Å²) in [6, 6.07) is 16.0. The first-order valence-electron chi connectivity index (χ1n) is 11.0. The van der Waals surface area contributed by atoms with Crippen LogP contribution in [0.3, 0.4) is 0 Å². The minimum Gasteiger partial charge on any atom is -0.493 e. The van der Waals surface area contributed by atoms with E-state index in [1.807, 2.05) is 53.9 Å². The van der Waals surface area contributed by atoms with Crippen molar-refractivity contribution in [2.24, 2.45) is 0 Å². The van der Waals surface area contributed by atoms with Gasteiger partial charge in [0.1, 0.15) is 6.61 Å². The Morgan fingerprint density at radius 1 is 1.14 bits per heavy atom. The molecule has 0 bridgehead atoms. The molecule has 0 fully saturated rings. The third kappa shape index (κ3) is 5.64. The number of anilines is 1. The minimum atomic E-state index is -1.31. The van der Waals surface area contributed by atoms with E-state index in [0.29, 0.717) is 24.5 Å². The Kier molecular flexibility index (Phi) is 7.69. The Morgan fingerprint density at radius 2 is 1.94 bits per heavy atom. The number of amides is 2. The van der Waals surface area contributed by atoms with Crippen LogP contribution in [0.15, 0.2) is 66.1 Å². The molecule has 8 nitrogen and oxygen atoms in total. The van der Waals surface area contributed by atoms with Gasteiger partial charge >= 0.3 is 6.09 Å². The predicted octanol–water partition coefficient (Wildman–Crippen LogP) is 4.72. The average Bonchev–Trinajstić information content (AvgIpc) is 3.42. The molecular weight excluding hydrogens is 468 g/mol. The van der Waals surface area contributed by atoms with Gasteiger partial charge in [-0.1, -0.05) is 42.5 Å². The van der Waals surface area contributed by atoms with E-state index in [0.717, 1.165) is 16.0 Å². The van der Waals surface area contributed by atoms with Crippen LogP contribution in [0.5, 0.6) is 11.5 Å². The maximum Gasteiger partial charge on any atom is 0.409 e. The molecule has 0 spiro atoms. The summed E-state index contributed by atoms with van der Waals surface area (Å²) in [5, 5.41) is 23.7. The first-order chi connectivity index (χ1) is 17.0. The van der Waals surface area contributed by atoms with Crippen molar-refractivity contribution in [1.29, 1.82) is 0 Å². The summed E-state index contributed by atoms with van der Waals surface area (Å²) in [5.74, 6) is 0.184. The lowest BCUT2D eigenvalue weighted by molar-refractivity contribution is 0.0619. The normalized spacial score (nSPS) is 15.3. The number of ether oxygens (including phenoxy) is 2. The molecule has 9 heteroatoms. The van der Waals surface area contributed by atoms with Gasteiger partial charge in [0.25, 0.3) is 5.91 Å². The van der Waals surface area contributed by atoms with Crippen molar-refractivity contribution in [3.8, 4) is 11.5 Å². The zero-order valence-electron chi connectivity index (χ0n) is 19.1. The number of aliphatic hydroxyl groups is 1. The van der Waals surface area contributed by atoms with Crippen molar-refractivity contribution in [1.82, 2.24) is 4.90 Å². The molecule has 182 valence electrons. The summed E-state index contributed by atoms with van der Waals surface area (Å²) in [6.45, 7) is 0.315. The second-order valence-corrected chi connectivity index (χ2v) is 8.91. The second-order valence-electron chi connectivity index (χ2n) is 7.96. The fourth-order valence-electron chi connectivity index (χ4n) is 4.00. The lowest BCUT2D eigenvalue weighted by atomic mass is 9.98. The van der Waals surface area contributed by atoms with E-state index in [-0.39, 0.29) is 24.5 Å². The van der Waals surface area contributed by atoms with Gasteiger partial charge in [0.15, 0.2) is 11.5 Å². The van der Waals surface area contributed by atoms with Gasteiger partial charge in [0.2, 0.25) is 0 Å². The van der Waals surface area contributed by atoms with Gasteiger partial charge in [-0.3, -0.25) is 10.1 Å². The first kappa shape index (κ1) is 24.3. The topological polar surface area (TPSA) is 108 Å². The van der Waals surface area contributed by atoms with E-state index >= 15 is 0 Å². The van der Waals surface area contributed by atoms with Gasteiger partial charge in [-0.05, 0) is 35.1 Å². The highest BCUT2D eigenvalue weighted by atomic mass is 32.1. The van der Waals surface area contributed by atoms with E-state index in [9.17, 15) is 19.8 Å². The fourth-order valence-corrected chi connectivity index (χ4v) is 4.78. The molecule has 0 saturated carbocycles. The molecule has 1 aromatic heterocycles. The number of nitrogens with zero attached hydrogens (tertiary/aromatic N) is 1. The number of thiophene rings is 1. The lowest BCUT2D eigenvalue weighted by Gasteiger charge is -2.34. The molecule has 3 aromatic rings. The number of nitrogens with one attached hydrogen (secondary N) is 1. The summed E-state index contributed by atoms with van der Waals surface area (Å²) >= 11 is 1.61. The van der Waals surface area contributed by atoms with Crippen molar-refractivity contribution in [3.05, 3.63) is 82.1 Å². The van der Waals surface area contributed by atoms with Crippen molar-refractivity contribution < 1.29 is 29.3 Å². The van der Waals surface area contributed by atoms with Gasteiger partial charge in [-0.15, -0.1) is 11.3 Å². The molecule has 0 saturated heterocycles. The maximum atomic E-state index is 13.6. The lowest BCUT2D eigenvalue weighted by Crippen LogP contribution is -2.45. The van der Waals surface area contributed by atoms with Crippen LogP contribution >= 0.6 is 11.3 Å². The van der Waals surface area contributed by atoms with Crippen LogP contribution in [-0.2, 0) is 6.61 Å². The van der Waals surface area contributed by atoms with Crippen LogP contribution in [0.25, 0.3) is 5.57 Å². The zero-order valence-corrected chi connectivity index (χ0v) is 20.0. The van der Waals surface area contributed by atoms with Crippen LogP contribution in [0.2, 0.25) is 0 Å². The van der Waals surface area contributed by atoms with E-state index in [1.54, 1.807) is 16.2 Å². The standard InChI is InChI=1S/C26H26N2O6S/c1-33-22-13-20(21(27-26(31)32)14-23(22)34-16-17-6-3-2-4-7-17)25(30)28-10-9-18(12-19(28)15-29)24-8-5-11-35-24/h2-9,11,13-14,19,27,29H,10,12,15-16H2,1H3,(H,31,32)/t19-/m0/s1. The molecule has 0 unspecified atom stereocenters. The Morgan fingerprint density at radius 3 is 2.60 bits per heavy atom. The Hall–Kier alpha value is -3.82. The van der Waals surface area contributed by atoms with Crippen molar-refractivity contribution in [3.63, 3.8) is 0 Å². The number of hydrogen-bond acceptors (Lipinski definition) is 6. The number of carbonyl (C=O) groups is 2. The van der Waals surface area contributed by atoms with Crippen LogP contribution < -0.4 is 14.8 Å². The Balaban J connectivity index is 1.64. The third-order valence-corrected chi connectivity index (χ3v) is 6.70. The average molecular weight is 495 g/mol. The number of hydrogen-bond donors (Lipinski definition) is 3. The van der Waals surface area contributed by atoms with E-state index in [4.69, 9.17) is 9.47 Å². The molecule has 2 amide bonds. The maximum absolute atomic E-state index is 13.6. The van der Waals surface area contributed by atoms with E-state index in [2.05, 4.69) is 5.32 Å². The quantitative estimate of drug-likeness (QED) is 0.418. The summed E-state index contributed by atoms with van der Waals surface area (Å²) in [4.78, 5) is 27.7. The van der Waals surface area contributed by atoms with Crippen LogP contribution in [-0.4, -0.2) is 53.4 Å². The number of rotatable bonds is 8. The van der Waals surface area contributed by atoms with Crippen LogP contribution in [0.4, 0.5) is 10.5 Å². The molecule has 0 aliphatic carbocycles. The van der Waals surface area contributed by atoms with Crippen molar-refractivity contribution in [2.45, 2.75) is 19.1 Å². The molecule has 35 heavy (non-hydrogen) atoms. The number of aliphatic hydroxyl groups excluding tert-OH is 1. The highest BCUT2D eigenvalue weighted by Gasteiger charge is 2.31. The largest absolute Gasteiger partial charge is 0.493 e. The molecule has 2 heterocycles. The zero-order chi connectivity index (χ0) is 24.8. The van der Waals surface area contributed by atoms with Crippen molar-refractivity contribution in [2.75, 3.05) is 25.6 Å². The highest BCUT2D eigenvalue weighted by molar-refractivity contribution is 7.11.